The molecule has 0 bridgehead atoms. The van der Waals surface area contributed by atoms with Crippen LogP contribution >= 0.6 is 12.4 Å². The van der Waals surface area contributed by atoms with Gasteiger partial charge in [0, 0.05) is 25.2 Å². The molecular formula is C16H22ClN3O3. The molecule has 2 N–H and O–H groups in total. The number of carbonyl (C=O) groups is 2. The summed E-state index contributed by atoms with van der Waals surface area (Å²) >= 11 is 0. The Kier molecular flexibility index (Phi) is 5.98. The Hall–Kier alpha value is -1.63. The molecule has 2 saturated heterocycles. The van der Waals surface area contributed by atoms with Crippen LogP contribution in [0.25, 0.3) is 0 Å². The van der Waals surface area contributed by atoms with E-state index in [9.17, 15) is 9.59 Å². The van der Waals surface area contributed by atoms with Gasteiger partial charge in [-0.2, -0.15) is 0 Å². The average Bonchev–Trinajstić information content (AvgIpc) is 2.89. The fraction of sp³-hybridized carbons (Fsp3) is 0.500. The minimum absolute atomic E-state index is 0. The van der Waals surface area contributed by atoms with Gasteiger partial charge >= 0.3 is 0 Å². The quantitative estimate of drug-likeness (QED) is 0.850. The number of amides is 2. The average molecular weight is 340 g/mol. The van der Waals surface area contributed by atoms with Crippen LogP contribution in [0, 0.1) is 0 Å². The number of morpholine rings is 1. The fourth-order valence-corrected chi connectivity index (χ4v) is 2.98. The number of nitrogens with one attached hydrogen (secondary N) is 2. The highest BCUT2D eigenvalue weighted by Crippen LogP contribution is 2.21. The van der Waals surface area contributed by atoms with Crippen LogP contribution in [0.4, 0.5) is 5.69 Å². The molecule has 1 aromatic carbocycles. The molecule has 2 amide bonds. The van der Waals surface area contributed by atoms with Crippen molar-refractivity contribution in [2.75, 3.05) is 24.6 Å². The summed E-state index contributed by atoms with van der Waals surface area (Å²) in [7, 11) is 0. The number of nitrogens with zero attached hydrogens (tertiary/aromatic N) is 1. The van der Waals surface area contributed by atoms with Crippen LogP contribution in [0.2, 0.25) is 0 Å². The third-order valence-corrected chi connectivity index (χ3v) is 4.14. The molecule has 0 saturated carbocycles. The lowest BCUT2D eigenvalue weighted by molar-refractivity contribution is -0.129. The smallest absolute Gasteiger partial charge is 0.240 e. The third-order valence-electron chi connectivity index (χ3n) is 4.14. The molecule has 3 rings (SSSR count). The third kappa shape index (κ3) is 4.02. The van der Waals surface area contributed by atoms with Gasteiger partial charge in [0.2, 0.25) is 11.8 Å². The van der Waals surface area contributed by atoms with Gasteiger partial charge in [0.25, 0.3) is 0 Å². The second kappa shape index (κ2) is 7.77. The van der Waals surface area contributed by atoms with Gasteiger partial charge < -0.3 is 20.3 Å². The van der Waals surface area contributed by atoms with Crippen molar-refractivity contribution in [2.45, 2.75) is 31.5 Å². The van der Waals surface area contributed by atoms with E-state index in [1.54, 1.807) is 4.90 Å². The number of para-hydroxylation sites is 1. The minimum Gasteiger partial charge on any atom is -0.375 e. The topological polar surface area (TPSA) is 70.7 Å². The van der Waals surface area contributed by atoms with E-state index in [-0.39, 0.29) is 42.4 Å². The second-order valence-electron chi connectivity index (χ2n) is 5.76. The Labute approximate surface area is 142 Å². The molecule has 0 aromatic heterocycles. The van der Waals surface area contributed by atoms with Crippen LogP contribution in [0.1, 0.15) is 13.3 Å². The Morgan fingerprint density at radius 1 is 1.35 bits per heavy atom. The normalized spacial score (nSPS) is 27.4. The van der Waals surface area contributed by atoms with Crippen molar-refractivity contribution in [3.05, 3.63) is 30.3 Å². The minimum atomic E-state index is -0.352. The molecule has 126 valence electrons. The van der Waals surface area contributed by atoms with Crippen LogP contribution < -0.4 is 15.5 Å². The van der Waals surface area contributed by atoms with Crippen LogP contribution in [0.15, 0.2) is 30.3 Å². The van der Waals surface area contributed by atoms with Gasteiger partial charge in [-0.25, -0.2) is 0 Å². The predicted molar refractivity (Wildman–Crippen MR) is 89.8 cm³/mol. The highest BCUT2D eigenvalue weighted by Gasteiger charge is 2.35. The van der Waals surface area contributed by atoms with E-state index in [2.05, 4.69) is 10.6 Å². The first kappa shape index (κ1) is 17.7. The van der Waals surface area contributed by atoms with E-state index < -0.39 is 0 Å². The fourth-order valence-electron chi connectivity index (χ4n) is 2.98. The van der Waals surface area contributed by atoms with Crippen molar-refractivity contribution in [3.63, 3.8) is 0 Å². The maximum Gasteiger partial charge on any atom is 0.240 e. The van der Waals surface area contributed by atoms with Gasteiger partial charge in [0.15, 0.2) is 0 Å². The first-order valence-corrected chi connectivity index (χ1v) is 7.66. The number of halogens is 1. The zero-order valence-electron chi connectivity index (χ0n) is 13.0. The molecule has 1 aromatic rings. The summed E-state index contributed by atoms with van der Waals surface area (Å²) in [5.41, 5.74) is 0.872. The van der Waals surface area contributed by atoms with Crippen molar-refractivity contribution in [3.8, 4) is 0 Å². The summed E-state index contributed by atoms with van der Waals surface area (Å²) < 4.78 is 5.49. The highest BCUT2D eigenvalue weighted by atomic mass is 35.5. The highest BCUT2D eigenvalue weighted by molar-refractivity contribution is 5.97. The standard InChI is InChI=1S/C16H21N3O3.ClH/c1-11-15(17-7-8-22-11)16(21)18-12-9-14(20)19(10-12)13-5-3-2-4-6-13;/h2-6,11-12,15,17H,7-10H2,1H3,(H,18,21);1H/t11-,12?,15+;/m1./s1. The molecule has 0 radical (unpaired) electrons. The molecule has 3 atom stereocenters. The van der Waals surface area contributed by atoms with Crippen LogP contribution in [0.3, 0.4) is 0 Å². The van der Waals surface area contributed by atoms with E-state index in [1.165, 1.54) is 0 Å². The molecule has 2 heterocycles. The van der Waals surface area contributed by atoms with Crippen molar-refractivity contribution in [1.82, 2.24) is 10.6 Å². The van der Waals surface area contributed by atoms with Crippen molar-refractivity contribution < 1.29 is 14.3 Å². The maximum atomic E-state index is 12.3. The van der Waals surface area contributed by atoms with E-state index in [4.69, 9.17) is 4.74 Å². The van der Waals surface area contributed by atoms with Crippen molar-refractivity contribution >= 4 is 29.9 Å². The molecule has 0 aliphatic carbocycles. The monoisotopic (exact) mass is 339 g/mol. The molecule has 7 heteroatoms. The summed E-state index contributed by atoms with van der Waals surface area (Å²) in [5, 5.41) is 6.13. The molecule has 2 fully saturated rings. The number of benzene rings is 1. The summed E-state index contributed by atoms with van der Waals surface area (Å²) in [6.07, 6.45) is 0.179. The van der Waals surface area contributed by atoms with E-state index in [0.29, 0.717) is 26.1 Å². The van der Waals surface area contributed by atoms with Crippen molar-refractivity contribution in [1.29, 1.82) is 0 Å². The van der Waals surface area contributed by atoms with Crippen LogP contribution in [-0.2, 0) is 14.3 Å². The number of ether oxygens (including phenoxy) is 1. The van der Waals surface area contributed by atoms with E-state index >= 15 is 0 Å². The van der Waals surface area contributed by atoms with Crippen LogP contribution in [-0.4, -0.2) is 49.7 Å². The number of carbonyl (C=O) groups excluding carboxylic acids is 2. The molecule has 1 unspecified atom stereocenters. The zero-order chi connectivity index (χ0) is 15.5. The Balaban J connectivity index is 0.00000192. The number of hydrogen-bond acceptors (Lipinski definition) is 4. The van der Waals surface area contributed by atoms with Gasteiger partial charge in [-0.3, -0.25) is 9.59 Å². The second-order valence-corrected chi connectivity index (χ2v) is 5.76. The Morgan fingerprint density at radius 3 is 2.78 bits per heavy atom. The van der Waals surface area contributed by atoms with Gasteiger partial charge in [-0.15, -0.1) is 12.4 Å². The van der Waals surface area contributed by atoms with Gasteiger partial charge in [-0.05, 0) is 19.1 Å². The predicted octanol–water partition coefficient (Wildman–Crippen LogP) is 0.707. The lowest BCUT2D eigenvalue weighted by Gasteiger charge is -2.30. The van der Waals surface area contributed by atoms with Crippen LogP contribution in [0.5, 0.6) is 0 Å². The molecule has 0 spiro atoms. The maximum absolute atomic E-state index is 12.3. The lowest BCUT2D eigenvalue weighted by atomic mass is 10.1. The van der Waals surface area contributed by atoms with E-state index in [1.807, 2.05) is 37.3 Å². The first-order chi connectivity index (χ1) is 10.6. The molecule has 23 heavy (non-hydrogen) atoms. The Bertz CT molecular complexity index is 555. The molecule has 2 aliphatic rings. The Morgan fingerprint density at radius 2 is 2.09 bits per heavy atom. The lowest BCUT2D eigenvalue weighted by Crippen LogP contribution is -2.57. The number of anilines is 1. The first-order valence-electron chi connectivity index (χ1n) is 7.66. The number of rotatable bonds is 3. The number of hydrogen-bond donors (Lipinski definition) is 2. The zero-order valence-corrected chi connectivity index (χ0v) is 13.8. The SMILES string of the molecule is C[C@H]1OCCN[C@@H]1C(=O)NC1CC(=O)N(c2ccccc2)C1.Cl. The summed E-state index contributed by atoms with van der Waals surface area (Å²) in [6.45, 7) is 3.68. The van der Waals surface area contributed by atoms with Gasteiger partial charge in [-0.1, -0.05) is 18.2 Å². The van der Waals surface area contributed by atoms with Crippen molar-refractivity contribution in [2.24, 2.45) is 0 Å². The summed E-state index contributed by atoms with van der Waals surface area (Å²) in [6, 6.07) is 9.02. The van der Waals surface area contributed by atoms with Gasteiger partial charge in [0.05, 0.1) is 18.8 Å². The molecular weight excluding hydrogens is 318 g/mol. The molecule has 6 nitrogen and oxygen atoms in total. The van der Waals surface area contributed by atoms with Gasteiger partial charge in [0.1, 0.15) is 6.04 Å². The summed E-state index contributed by atoms with van der Waals surface area (Å²) in [4.78, 5) is 26.2. The summed E-state index contributed by atoms with van der Waals surface area (Å²) in [5.74, 6) is -0.0580. The largest absolute Gasteiger partial charge is 0.375 e. The molecule has 2 aliphatic heterocycles. The van der Waals surface area contributed by atoms with E-state index in [0.717, 1.165) is 5.69 Å².